The van der Waals surface area contributed by atoms with Gasteiger partial charge in [0.15, 0.2) is 0 Å². The Morgan fingerprint density at radius 1 is 1.47 bits per heavy atom. The highest BCUT2D eigenvalue weighted by atomic mass is 79.9. The Morgan fingerprint density at radius 3 is 2.60 bits per heavy atom. The van der Waals surface area contributed by atoms with Crippen LogP contribution in [0.4, 0.5) is 0 Å². The topological polar surface area (TPSA) is 57.5 Å². The standard InChI is InChI=1S/C11H11BrO3/c12-8-3-1-2-7(4-8)11(10(14)15)5-9(13)6-11/h1-4,9,13H,5-6H2,(H,14,15)/t9-,11+. The van der Waals surface area contributed by atoms with Crippen LogP contribution in [0.3, 0.4) is 0 Å². The minimum atomic E-state index is -0.886. The monoisotopic (exact) mass is 270 g/mol. The summed E-state index contributed by atoms with van der Waals surface area (Å²) in [5.74, 6) is -0.856. The number of aliphatic hydroxyl groups is 1. The molecule has 15 heavy (non-hydrogen) atoms. The van der Waals surface area contributed by atoms with Crippen LogP contribution in [0.5, 0.6) is 0 Å². The molecule has 0 aliphatic heterocycles. The molecule has 0 spiro atoms. The molecule has 0 atom stereocenters. The molecule has 4 heteroatoms. The van der Waals surface area contributed by atoms with Crippen LogP contribution in [0.2, 0.25) is 0 Å². The molecule has 0 amide bonds. The quantitative estimate of drug-likeness (QED) is 0.864. The molecule has 1 saturated carbocycles. The second kappa shape index (κ2) is 3.61. The van der Waals surface area contributed by atoms with Crippen LogP contribution < -0.4 is 0 Å². The van der Waals surface area contributed by atoms with Crippen LogP contribution in [-0.4, -0.2) is 22.3 Å². The predicted molar refractivity (Wildman–Crippen MR) is 58.7 cm³/mol. The summed E-state index contributed by atoms with van der Waals surface area (Å²) in [6, 6.07) is 7.27. The normalized spacial score (nSPS) is 29.6. The number of carboxylic acids is 1. The first-order valence-corrected chi connectivity index (χ1v) is 5.51. The molecule has 0 bridgehead atoms. The third-order valence-electron chi connectivity index (χ3n) is 2.95. The molecule has 0 unspecified atom stereocenters. The van der Waals surface area contributed by atoms with Crippen molar-refractivity contribution < 1.29 is 15.0 Å². The van der Waals surface area contributed by atoms with Gasteiger partial charge in [-0.2, -0.15) is 0 Å². The van der Waals surface area contributed by atoms with Crippen molar-refractivity contribution in [3.63, 3.8) is 0 Å². The third-order valence-corrected chi connectivity index (χ3v) is 3.45. The number of aliphatic carboxylic acids is 1. The van der Waals surface area contributed by atoms with Crippen molar-refractivity contribution in [2.24, 2.45) is 0 Å². The van der Waals surface area contributed by atoms with Gasteiger partial charge in [0.25, 0.3) is 0 Å². The molecule has 1 fully saturated rings. The first kappa shape index (κ1) is 10.6. The zero-order chi connectivity index (χ0) is 11.1. The van der Waals surface area contributed by atoms with Crippen molar-refractivity contribution >= 4 is 21.9 Å². The van der Waals surface area contributed by atoms with E-state index in [1.54, 1.807) is 12.1 Å². The largest absolute Gasteiger partial charge is 0.481 e. The molecule has 0 saturated heterocycles. The van der Waals surface area contributed by atoms with Crippen LogP contribution in [0, 0.1) is 0 Å². The van der Waals surface area contributed by atoms with Crippen molar-refractivity contribution in [3.8, 4) is 0 Å². The van der Waals surface area contributed by atoms with Gasteiger partial charge in [0.2, 0.25) is 0 Å². The molecule has 1 aromatic carbocycles. The average molecular weight is 271 g/mol. The molecule has 0 heterocycles. The summed E-state index contributed by atoms with van der Waals surface area (Å²) in [4.78, 5) is 11.2. The summed E-state index contributed by atoms with van der Waals surface area (Å²) < 4.78 is 0.863. The summed E-state index contributed by atoms with van der Waals surface area (Å²) in [5, 5.41) is 18.5. The zero-order valence-electron chi connectivity index (χ0n) is 7.98. The lowest BCUT2D eigenvalue weighted by molar-refractivity contribution is -0.152. The molecule has 1 aliphatic rings. The molecule has 80 valence electrons. The number of carbonyl (C=O) groups is 1. The fourth-order valence-electron chi connectivity index (χ4n) is 2.06. The van der Waals surface area contributed by atoms with Gasteiger partial charge in [0.05, 0.1) is 11.5 Å². The Kier molecular flexibility index (Phi) is 2.56. The molecule has 1 aliphatic carbocycles. The lowest BCUT2D eigenvalue weighted by atomic mass is 9.63. The fourth-order valence-corrected chi connectivity index (χ4v) is 2.46. The number of benzene rings is 1. The number of carboxylic acid groups (broad SMARTS) is 1. The summed E-state index contributed by atoms with van der Waals surface area (Å²) in [7, 11) is 0. The maximum atomic E-state index is 11.2. The van der Waals surface area contributed by atoms with Gasteiger partial charge in [-0.15, -0.1) is 0 Å². The number of hydrogen-bond donors (Lipinski definition) is 2. The van der Waals surface area contributed by atoms with Gasteiger partial charge in [0, 0.05) is 4.47 Å². The van der Waals surface area contributed by atoms with Gasteiger partial charge < -0.3 is 10.2 Å². The van der Waals surface area contributed by atoms with E-state index in [0.717, 1.165) is 10.0 Å². The molecule has 0 radical (unpaired) electrons. The molecular weight excluding hydrogens is 260 g/mol. The highest BCUT2D eigenvalue weighted by Gasteiger charge is 2.51. The number of hydrogen-bond acceptors (Lipinski definition) is 2. The van der Waals surface area contributed by atoms with Gasteiger partial charge >= 0.3 is 5.97 Å². The number of rotatable bonds is 2. The molecule has 2 N–H and O–H groups in total. The highest BCUT2D eigenvalue weighted by Crippen LogP contribution is 2.44. The van der Waals surface area contributed by atoms with E-state index in [1.807, 2.05) is 12.1 Å². The van der Waals surface area contributed by atoms with Crippen molar-refractivity contribution in [2.75, 3.05) is 0 Å². The Morgan fingerprint density at radius 2 is 2.13 bits per heavy atom. The summed E-state index contributed by atoms with van der Waals surface area (Å²) in [6.45, 7) is 0. The minimum absolute atomic E-state index is 0.304. The van der Waals surface area contributed by atoms with E-state index in [9.17, 15) is 15.0 Å². The maximum absolute atomic E-state index is 11.2. The van der Waals surface area contributed by atoms with Crippen LogP contribution in [0.25, 0.3) is 0 Å². The maximum Gasteiger partial charge on any atom is 0.314 e. The lowest BCUT2D eigenvalue weighted by Crippen LogP contribution is -2.50. The third kappa shape index (κ3) is 1.68. The van der Waals surface area contributed by atoms with E-state index in [0.29, 0.717) is 12.8 Å². The molecule has 0 aromatic heterocycles. The van der Waals surface area contributed by atoms with Gasteiger partial charge in [-0.3, -0.25) is 4.79 Å². The second-order valence-electron chi connectivity index (χ2n) is 3.96. The molecular formula is C11H11BrO3. The predicted octanol–water partition coefficient (Wildman–Crippen LogP) is 1.93. The first-order valence-electron chi connectivity index (χ1n) is 4.72. The number of aliphatic hydroxyl groups excluding tert-OH is 1. The smallest absolute Gasteiger partial charge is 0.314 e. The van der Waals surface area contributed by atoms with Crippen molar-refractivity contribution in [1.82, 2.24) is 0 Å². The van der Waals surface area contributed by atoms with Crippen LogP contribution >= 0.6 is 15.9 Å². The fraction of sp³-hybridized carbons (Fsp3) is 0.364. The van der Waals surface area contributed by atoms with Crippen molar-refractivity contribution in [3.05, 3.63) is 34.3 Å². The van der Waals surface area contributed by atoms with E-state index >= 15 is 0 Å². The molecule has 1 aromatic rings. The van der Waals surface area contributed by atoms with Gasteiger partial charge in [0.1, 0.15) is 0 Å². The summed E-state index contributed by atoms with van der Waals surface area (Å²) >= 11 is 3.32. The van der Waals surface area contributed by atoms with Gasteiger partial charge in [-0.25, -0.2) is 0 Å². The SMILES string of the molecule is O=C(O)[C@]1(c2cccc(Br)c2)C[C@H](O)C1. The Bertz CT molecular complexity index is 397. The molecule has 2 rings (SSSR count). The Labute approximate surface area is 95.9 Å². The highest BCUT2D eigenvalue weighted by molar-refractivity contribution is 9.10. The minimum Gasteiger partial charge on any atom is -0.481 e. The van der Waals surface area contributed by atoms with Gasteiger partial charge in [-0.1, -0.05) is 28.1 Å². The second-order valence-corrected chi connectivity index (χ2v) is 4.88. The summed E-state index contributed by atoms with van der Waals surface area (Å²) in [6.07, 6.45) is 0.123. The average Bonchev–Trinajstić information content (AvgIpc) is 2.12. The van der Waals surface area contributed by atoms with E-state index in [1.165, 1.54) is 0 Å². The lowest BCUT2D eigenvalue weighted by Gasteiger charge is -2.42. The van der Waals surface area contributed by atoms with E-state index < -0.39 is 17.5 Å². The summed E-state index contributed by atoms with van der Waals surface area (Å²) in [5.41, 5.74) is -0.127. The van der Waals surface area contributed by atoms with Crippen LogP contribution in [0.1, 0.15) is 18.4 Å². The van der Waals surface area contributed by atoms with Crippen molar-refractivity contribution in [1.29, 1.82) is 0 Å². The number of halogens is 1. The van der Waals surface area contributed by atoms with E-state index in [2.05, 4.69) is 15.9 Å². The first-order chi connectivity index (χ1) is 7.04. The van der Waals surface area contributed by atoms with Crippen molar-refractivity contribution in [2.45, 2.75) is 24.4 Å². The van der Waals surface area contributed by atoms with Gasteiger partial charge in [-0.05, 0) is 30.5 Å². The van der Waals surface area contributed by atoms with Crippen LogP contribution in [0.15, 0.2) is 28.7 Å². The van der Waals surface area contributed by atoms with E-state index in [4.69, 9.17) is 0 Å². The zero-order valence-corrected chi connectivity index (χ0v) is 9.57. The molecule has 3 nitrogen and oxygen atoms in total. The Balaban J connectivity index is 2.39. The van der Waals surface area contributed by atoms with E-state index in [-0.39, 0.29) is 0 Å². The Hall–Kier alpha value is -0.870. The van der Waals surface area contributed by atoms with Crippen LogP contribution in [-0.2, 0) is 10.2 Å².